The molecular weight excluding hydrogens is 328 g/mol. The molecule has 0 fully saturated rings. The number of benzene rings is 1. The summed E-state index contributed by atoms with van der Waals surface area (Å²) in [4.78, 5) is 22.8. The molecule has 6 nitrogen and oxygen atoms in total. The van der Waals surface area contributed by atoms with Gasteiger partial charge in [0.15, 0.2) is 0 Å². The van der Waals surface area contributed by atoms with Crippen molar-refractivity contribution in [2.45, 2.75) is 25.1 Å². The number of rotatable bonds is 7. The Bertz CT molecular complexity index is 491. The maximum absolute atomic E-state index is 12.1. The van der Waals surface area contributed by atoms with Crippen LogP contribution in [0.2, 0.25) is 0 Å². The van der Waals surface area contributed by atoms with Crippen molar-refractivity contribution in [2.24, 2.45) is 0 Å². The summed E-state index contributed by atoms with van der Waals surface area (Å²) in [6.07, 6.45) is 0.768. The third kappa shape index (κ3) is 4.48. The van der Waals surface area contributed by atoms with E-state index in [4.69, 9.17) is 4.74 Å². The largest absolute Gasteiger partial charge is 0.487 e. The van der Waals surface area contributed by atoms with Crippen molar-refractivity contribution in [2.75, 3.05) is 13.2 Å². The van der Waals surface area contributed by atoms with Crippen LogP contribution < -0.4 is 10.1 Å². The molecular formula is C13H17BrN2O4. The number of amides is 1. The number of carbonyl (C=O) groups excluding carboxylic acids is 1. The highest BCUT2D eigenvalue weighted by molar-refractivity contribution is 9.09. The number of para-hydroxylation sites is 1. The maximum atomic E-state index is 12.1. The second-order valence-corrected chi connectivity index (χ2v) is 5.73. The molecule has 0 aromatic heterocycles. The van der Waals surface area contributed by atoms with E-state index in [0.717, 1.165) is 6.42 Å². The zero-order valence-corrected chi connectivity index (χ0v) is 13.0. The van der Waals surface area contributed by atoms with E-state index in [1.165, 1.54) is 18.2 Å². The quantitative estimate of drug-likeness (QED) is 0.468. The lowest BCUT2D eigenvalue weighted by Crippen LogP contribution is -2.26. The predicted molar refractivity (Wildman–Crippen MR) is 79.6 cm³/mol. The van der Waals surface area contributed by atoms with E-state index >= 15 is 0 Å². The summed E-state index contributed by atoms with van der Waals surface area (Å²) < 4.78 is 5.27. The van der Waals surface area contributed by atoms with Crippen LogP contribution in [-0.4, -0.2) is 28.8 Å². The molecule has 0 heterocycles. The topological polar surface area (TPSA) is 81.5 Å². The Morgan fingerprint density at radius 3 is 2.80 bits per heavy atom. The minimum Gasteiger partial charge on any atom is -0.487 e. The first-order chi connectivity index (χ1) is 9.47. The van der Waals surface area contributed by atoms with Crippen LogP contribution in [0, 0.1) is 10.1 Å². The molecule has 20 heavy (non-hydrogen) atoms. The number of nitro benzene ring substituents is 1. The summed E-state index contributed by atoms with van der Waals surface area (Å²) in [5, 5.41) is 13.7. The minimum atomic E-state index is -0.553. The number of carbonyl (C=O) groups is 1. The standard InChI is InChI=1S/C13H17BrN2O4/c1-3-20-12-10(5-4-6-11(12)16(18)19)13(17)15-8-7-9(2)14/h4-6,9H,3,7-8H2,1-2H3,(H,15,17). The van der Waals surface area contributed by atoms with Gasteiger partial charge in [0.25, 0.3) is 5.91 Å². The van der Waals surface area contributed by atoms with Crippen LogP contribution in [-0.2, 0) is 0 Å². The van der Waals surface area contributed by atoms with Crippen LogP contribution in [0.1, 0.15) is 30.6 Å². The van der Waals surface area contributed by atoms with Gasteiger partial charge >= 0.3 is 5.69 Å². The second-order valence-electron chi connectivity index (χ2n) is 4.17. The number of halogens is 1. The van der Waals surface area contributed by atoms with E-state index in [1.54, 1.807) is 6.92 Å². The molecule has 0 aliphatic carbocycles. The van der Waals surface area contributed by atoms with E-state index < -0.39 is 4.92 Å². The van der Waals surface area contributed by atoms with Gasteiger partial charge in [-0.15, -0.1) is 0 Å². The third-order valence-corrected chi connectivity index (χ3v) is 3.01. The van der Waals surface area contributed by atoms with Gasteiger partial charge in [-0.2, -0.15) is 0 Å². The normalized spacial score (nSPS) is 11.8. The Morgan fingerprint density at radius 1 is 1.55 bits per heavy atom. The van der Waals surface area contributed by atoms with Crippen molar-refractivity contribution in [3.05, 3.63) is 33.9 Å². The molecule has 0 saturated heterocycles. The third-order valence-electron chi connectivity index (χ3n) is 2.55. The molecule has 1 unspecified atom stereocenters. The SMILES string of the molecule is CCOc1c(C(=O)NCCC(C)Br)cccc1[N+](=O)[O-]. The van der Waals surface area contributed by atoms with Crippen LogP contribution in [0.4, 0.5) is 5.69 Å². The molecule has 1 aromatic rings. The Kier molecular flexibility index (Phi) is 6.44. The summed E-state index contributed by atoms with van der Waals surface area (Å²) in [5.41, 5.74) is -0.0170. The van der Waals surface area contributed by atoms with Gasteiger partial charge in [0, 0.05) is 17.4 Å². The highest BCUT2D eigenvalue weighted by Crippen LogP contribution is 2.30. The summed E-state index contributed by atoms with van der Waals surface area (Å²) in [6, 6.07) is 4.32. The van der Waals surface area contributed by atoms with E-state index in [2.05, 4.69) is 21.2 Å². The fraction of sp³-hybridized carbons (Fsp3) is 0.462. The van der Waals surface area contributed by atoms with Crippen molar-refractivity contribution in [1.82, 2.24) is 5.32 Å². The highest BCUT2D eigenvalue weighted by Gasteiger charge is 2.22. The first-order valence-corrected chi connectivity index (χ1v) is 7.21. The number of hydrogen-bond acceptors (Lipinski definition) is 4. The fourth-order valence-electron chi connectivity index (χ4n) is 1.62. The molecule has 0 saturated carbocycles. The molecule has 1 rings (SSSR count). The van der Waals surface area contributed by atoms with Crippen LogP contribution in [0.5, 0.6) is 5.75 Å². The van der Waals surface area contributed by atoms with Crippen LogP contribution >= 0.6 is 15.9 Å². The number of nitrogens with zero attached hydrogens (tertiary/aromatic N) is 1. The average molecular weight is 345 g/mol. The molecule has 1 N–H and O–H groups in total. The summed E-state index contributed by atoms with van der Waals surface area (Å²) in [7, 11) is 0. The minimum absolute atomic E-state index is 0.0180. The lowest BCUT2D eigenvalue weighted by molar-refractivity contribution is -0.385. The lowest BCUT2D eigenvalue weighted by Gasteiger charge is -2.11. The van der Waals surface area contributed by atoms with Crippen molar-refractivity contribution < 1.29 is 14.5 Å². The molecule has 0 aliphatic heterocycles. The monoisotopic (exact) mass is 344 g/mol. The molecule has 0 aliphatic rings. The molecule has 7 heteroatoms. The van der Waals surface area contributed by atoms with Crippen molar-refractivity contribution in [3.8, 4) is 5.75 Å². The van der Waals surface area contributed by atoms with Crippen LogP contribution in [0.25, 0.3) is 0 Å². The second kappa shape index (κ2) is 7.84. The van der Waals surface area contributed by atoms with Crippen LogP contribution in [0.15, 0.2) is 18.2 Å². The van der Waals surface area contributed by atoms with Gasteiger partial charge in [-0.1, -0.05) is 28.9 Å². The zero-order valence-electron chi connectivity index (χ0n) is 11.4. The van der Waals surface area contributed by atoms with Gasteiger partial charge in [-0.05, 0) is 19.4 Å². The summed E-state index contributed by atoms with van der Waals surface area (Å²) >= 11 is 3.39. The van der Waals surface area contributed by atoms with E-state index in [1.807, 2.05) is 6.92 Å². The van der Waals surface area contributed by atoms with Gasteiger partial charge in [-0.25, -0.2) is 0 Å². The van der Waals surface area contributed by atoms with Gasteiger partial charge < -0.3 is 10.1 Å². The van der Waals surface area contributed by atoms with E-state index in [-0.39, 0.29) is 29.5 Å². The summed E-state index contributed by atoms with van der Waals surface area (Å²) in [6.45, 7) is 4.43. The van der Waals surface area contributed by atoms with Gasteiger partial charge in [-0.3, -0.25) is 14.9 Å². The molecule has 1 aromatic carbocycles. The summed E-state index contributed by atoms with van der Waals surface area (Å²) in [5.74, 6) is -0.352. The van der Waals surface area contributed by atoms with Crippen molar-refractivity contribution in [1.29, 1.82) is 0 Å². The first-order valence-electron chi connectivity index (χ1n) is 6.29. The Morgan fingerprint density at radius 2 is 2.25 bits per heavy atom. The lowest BCUT2D eigenvalue weighted by atomic mass is 10.1. The van der Waals surface area contributed by atoms with Gasteiger partial charge in [0.2, 0.25) is 5.75 Å². The number of hydrogen-bond donors (Lipinski definition) is 1. The number of nitrogens with one attached hydrogen (secondary N) is 1. The Hall–Kier alpha value is -1.63. The highest BCUT2D eigenvalue weighted by atomic mass is 79.9. The van der Waals surface area contributed by atoms with Crippen LogP contribution in [0.3, 0.4) is 0 Å². The smallest absolute Gasteiger partial charge is 0.311 e. The van der Waals surface area contributed by atoms with Gasteiger partial charge in [0.1, 0.15) is 0 Å². The van der Waals surface area contributed by atoms with Crippen molar-refractivity contribution in [3.63, 3.8) is 0 Å². The molecule has 0 spiro atoms. The Balaban J connectivity index is 2.95. The Labute approximate surface area is 125 Å². The molecule has 1 amide bonds. The molecule has 110 valence electrons. The van der Waals surface area contributed by atoms with E-state index in [9.17, 15) is 14.9 Å². The zero-order chi connectivity index (χ0) is 15.1. The molecule has 0 bridgehead atoms. The first kappa shape index (κ1) is 16.4. The number of ether oxygens (including phenoxy) is 1. The maximum Gasteiger partial charge on any atom is 0.311 e. The molecule has 0 radical (unpaired) electrons. The fourth-order valence-corrected chi connectivity index (χ4v) is 1.85. The number of alkyl halides is 1. The van der Waals surface area contributed by atoms with Crippen molar-refractivity contribution >= 4 is 27.5 Å². The number of nitro groups is 1. The van der Waals surface area contributed by atoms with E-state index in [0.29, 0.717) is 11.4 Å². The molecule has 1 atom stereocenters. The predicted octanol–water partition coefficient (Wildman–Crippen LogP) is 2.90. The van der Waals surface area contributed by atoms with Gasteiger partial charge in [0.05, 0.1) is 17.1 Å². The average Bonchev–Trinajstić information content (AvgIpc) is 2.38.